The Morgan fingerprint density at radius 2 is 1.74 bits per heavy atom. The van der Waals surface area contributed by atoms with Gasteiger partial charge in [-0.3, -0.25) is 14.5 Å². The molecule has 210 valence electrons. The van der Waals surface area contributed by atoms with Crippen molar-refractivity contribution in [3.05, 3.63) is 0 Å². The Bertz CT molecular complexity index is 1140. The fourth-order valence-electron chi connectivity index (χ4n) is 11.7. The van der Waals surface area contributed by atoms with Crippen LogP contribution in [0.15, 0.2) is 0 Å². The second kappa shape index (κ2) is 8.41. The molecule has 8 fully saturated rings. The zero-order valence-corrected chi connectivity index (χ0v) is 23.2. The van der Waals surface area contributed by atoms with Crippen molar-refractivity contribution < 1.29 is 27.5 Å². The molecule has 8 aliphatic rings. The first-order chi connectivity index (χ1) is 18.3. The van der Waals surface area contributed by atoms with Crippen LogP contribution < -0.4 is 4.72 Å². The SMILES string of the molecule is CCC1(OC(=O)C2C3CC4C(NS(=O)(=O)C42)C3OC(=O)CN2CCCCC2)CC2CC1C1C3CCC(C3)C21. The Kier molecular flexibility index (Phi) is 5.45. The number of nitrogens with one attached hydrogen (secondary N) is 1. The lowest BCUT2D eigenvalue weighted by molar-refractivity contribution is -0.182. The van der Waals surface area contributed by atoms with Crippen LogP contribution >= 0.6 is 0 Å². The second-order valence-corrected chi connectivity index (χ2v) is 16.0. The highest BCUT2D eigenvalue weighted by Crippen LogP contribution is 2.71. The van der Waals surface area contributed by atoms with E-state index in [2.05, 4.69) is 16.5 Å². The van der Waals surface area contributed by atoms with Crippen molar-refractivity contribution in [2.75, 3.05) is 19.6 Å². The minimum Gasteiger partial charge on any atom is -0.459 e. The van der Waals surface area contributed by atoms with Gasteiger partial charge in [0.05, 0.1) is 23.8 Å². The van der Waals surface area contributed by atoms with E-state index >= 15 is 0 Å². The van der Waals surface area contributed by atoms with Crippen molar-refractivity contribution in [2.24, 2.45) is 53.3 Å². The molecule has 8 nitrogen and oxygen atoms in total. The average molecular weight is 547 g/mol. The maximum Gasteiger partial charge on any atom is 0.320 e. The van der Waals surface area contributed by atoms with Crippen LogP contribution in [-0.2, 0) is 29.1 Å². The molecule has 6 saturated carbocycles. The summed E-state index contributed by atoms with van der Waals surface area (Å²) in [6.07, 6.45) is 10.4. The van der Waals surface area contributed by atoms with E-state index < -0.39 is 38.9 Å². The van der Waals surface area contributed by atoms with Gasteiger partial charge in [0.15, 0.2) is 0 Å². The van der Waals surface area contributed by atoms with Gasteiger partial charge < -0.3 is 9.47 Å². The van der Waals surface area contributed by atoms with Crippen molar-refractivity contribution in [1.29, 1.82) is 0 Å². The minimum atomic E-state index is -3.67. The molecule has 2 saturated heterocycles. The number of likely N-dealkylation sites (tertiary alicyclic amines) is 1. The maximum absolute atomic E-state index is 14.0. The summed E-state index contributed by atoms with van der Waals surface area (Å²) in [4.78, 5) is 29.1. The van der Waals surface area contributed by atoms with Crippen LogP contribution in [0, 0.1) is 53.3 Å². The number of nitrogens with zero attached hydrogens (tertiary/aromatic N) is 1. The Labute approximate surface area is 226 Å². The van der Waals surface area contributed by atoms with E-state index in [1.165, 1.54) is 32.1 Å². The first kappa shape index (κ1) is 24.6. The summed E-state index contributed by atoms with van der Waals surface area (Å²) in [6.45, 7) is 4.16. The predicted molar refractivity (Wildman–Crippen MR) is 138 cm³/mol. The third-order valence-corrected chi connectivity index (χ3v) is 14.8. The van der Waals surface area contributed by atoms with Gasteiger partial charge in [0.25, 0.3) is 0 Å². The fourth-order valence-corrected chi connectivity index (χ4v) is 14.0. The lowest BCUT2D eigenvalue weighted by atomic mass is 9.65. The standard InChI is InChI=1S/C29H42N2O6S/c1-2-29(13-17-11-20(29)23-16-7-6-15(10-16)22(17)23)37-28(33)24-18-12-19-25(30-38(34,35)27(19)24)26(18)36-21(32)14-31-8-4-3-5-9-31/h15-20,22-27,30H,2-14H2,1H3. The number of hydrogen-bond acceptors (Lipinski definition) is 7. The quantitative estimate of drug-likeness (QED) is 0.404. The molecule has 2 heterocycles. The molecule has 0 aromatic heterocycles. The average Bonchev–Trinajstić information content (AvgIpc) is 3.72. The summed E-state index contributed by atoms with van der Waals surface area (Å²) < 4.78 is 41.8. The first-order valence-electron chi connectivity index (χ1n) is 15.5. The van der Waals surface area contributed by atoms with E-state index in [0.717, 1.165) is 56.5 Å². The van der Waals surface area contributed by atoms with Gasteiger partial charge in [-0.25, -0.2) is 13.1 Å². The summed E-state index contributed by atoms with van der Waals surface area (Å²) in [5.74, 6) is 2.36. The molecule has 0 spiro atoms. The number of carbonyl (C=O) groups is 2. The van der Waals surface area contributed by atoms with Gasteiger partial charge in [-0.1, -0.05) is 13.3 Å². The summed E-state index contributed by atoms with van der Waals surface area (Å²) >= 11 is 0. The van der Waals surface area contributed by atoms with E-state index in [0.29, 0.717) is 24.2 Å². The summed E-state index contributed by atoms with van der Waals surface area (Å²) in [7, 11) is -3.67. The van der Waals surface area contributed by atoms with Crippen molar-refractivity contribution in [2.45, 2.75) is 94.1 Å². The van der Waals surface area contributed by atoms with Gasteiger partial charge in [-0.2, -0.15) is 0 Å². The van der Waals surface area contributed by atoms with Gasteiger partial charge in [0.1, 0.15) is 11.7 Å². The fraction of sp³-hybridized carbons (Fsp3) is 0.931. The number of carbonyl (C=O) groups excluding carboxylic acids is 2. The number of hydrogen-bond donors (Lipinski definition) is 1. The lowest BCUT2D eigenvalue weighted by Crippen LogP contribution is -2.52. The molecule has 38 heavy (non-hydrogen) atoms. The molecular formula is C29H42N2O6S. The van der Waals surface area contributed by atoms with E-state index in [1.807, 2.05) is 0 Å². The maximum atomic E-state index is 14.0. The summed E-state index contributed by atoms with van der Waals surface area (Å²) in [5.41, 5.74) is -0.454. The van der Waals surface area contributed by atoms with Crippen LogP contribution in [0.2, 0.25) is 0 Å². The monoisotopic (exact) mass is 546 g/mol. The third-order valence-electron chi connectivity index (χ3n) is 12.8. The molecule has 13 atom stereocenters. The highest BCUT2D eigenvalue weighted by molar-refractivity contribution is 7.90. The molecule has 0 aromatic carbocycles. The van der Waals surface area contributed by atoms with Gasteiger partial charge in [0, 0.05) is 11.8 Å². The van der Waals surface area contributed by atoms with Crippen molar-refractivity contribution >= 4 is 22.0 Å². The number of fused-ring (bicyclic) bond motifs is 10. The number of esters is 2. The van der Waals surface area contributed by atoms with Crippen LogP contribution in [0.3, 0.4) is 0 Å². The van der Waals surface area contributed by atoms with Crippen molar-refractivity contribution in [3.63, 3.8) is 0 Å². The molecule has 0 radical (unpaired) electrons. The molecule has 0 amide bonds. The number of piperidine rings is 1. The van der Waals surface area contributed by atoms with Crippen LogP contribution in [0.1, 0.15) is 71.1 Å². The van der Waals surface area contributed by atoms with Crippen LogP contribution in [0.25, 0.3) is 0 Å². The Morgan fingerprint density at radius 1 is 0.974 bits per heavy atom. The minimum absolute atomic E-state index is 0.192. The highest BCUT2D eigenvalue weighted by Gasteiger charge is 2.72. The molecule has 13 unspecified atom stereocenters. The highest BCUT2D eigenvalue weighted by atomic mass is 32.2. The van der Waals surface area contributed by atoms with Gasteiger partial charge in [-0.15, -0.1) is 0 Å². The summed E-state index contributed by atoms with van der Waals surface area (Å²) in [5, 5.41) is -0.759. The molecular weight excluding hydrogens is 504 g/mol. The number of sulfonamides is 1. The lowest BCUT2D eigenvalue weighted by Gasteiger charge is -2.46. The third kappa shape index (κ3) is 3.30. The molecule has 6 bridgehead atoms. The van der Waals surface area contributed by atoms with Crippen LogP contribution in [0.4, 0.5) is 0 Å². The Hall–Kier alpha value is -1.19. The van der Waals surface area contributed by atoms with E-state index in [9.17, 15) is 18.0 Å². The molecule has 8 rings (SSSR count). The molecule has 6 aliphatic carbocycles. The van der Waals surface area contributed by atoms with E-state index in [1.54, 1.807) is 0 Å². The van der Waals surface area contributed by atoms with E-state index in [4.69, 9.17) is 9.47 Å². The smallest absolute Gasteiger partial charge is 0.320 e. The van der Waals surface area contributed by atoms with E-state index in [-0.39, 0.29) is 30.3 Å². The van der Waals surface area contributed by atoms with Gasteiger partial charge in [0.2, 0.25) is 10.0 Å². The molecule has 9 heteroatoms. The summed E-state index contributed by atoms with van der Waals surface area (Å²) in [6, 6.07) is -0.415. The molecule has 0 aromatic rings. The second-order valence-electron chi connectivity index (χ2n) is 14.2. The normalized spacial score (nSPS) is 53.0. The largest absolute Gasteiger partial charge is 0.459 e. The van der Waals surface area contributed by atoms with Gasteiger partial charge >= 0.3 is 11.9 Å². The molecule has 2 aliphatic heterocycles. The zero-order chi connectivity index (χ0) is 26.0. The first-order valence-corrected chi connectivity index (χ1v) is 17.0. The van der Waals surface area contributed by atoms with Gasteiger partial charge in [-0.05, 0) is 106 Å². The number of rotatable bonds is 6. The topological polar surface area (TPSA) is 102 Å². The van der Waals surface area contributed by atoms with Crippen LogP contribution in [-0.4, -0.2) is 67.9 Å². The zero-order valence-electron chi connectivity index (χ0n) is 22.4. The van der Waals surface area contributed by atoms with Crippen LogP contribution in [0.5, 0.6) is 0 Å². The Balaban J connectivity index is 1.02. The molecule has 1 N–H and O–H groups in total. The van der Waals surface area contributed by atoms with Crippen molar-refractivity contribution in [1.82, 2.24) is 9.62 Å². The number of ether oxygens (including phenoxy) is 2. The van der Waals surface area contributed by atoms with Crippen molar-refractivity contribution in [3.8, 4) is 0 Å². The Morgan fingerprint density at radius 3 is 2.50 bits per heavy atom. The predicted octanol–water partition coefficient (Wildman–Crippen LogP) is 2.71.